The number of aromatic nitrogens is 2. The number of ether oxygens (including phenoxy) is 1. The van der Waals surface area contributed by atoms with Gasteiger partial charge in [-0.15, -0.1) is 0 Å². The molecule has 0 bridgehead atoms. The number of nitrogens with one attached hydrogen (secondary N) is 1. The first-order valence-corrected chi connectivity index (χ1v) is 4.59. The molecule has 84 valence electrons. The van der Waals surface area contributed by atoms with Crippen LogP contribution in [-0.4, -0.2) is 29.8 Å². The van der Waals surface area contributed by atoms with E-state index in [1.54, 1.807) is 0 Å². The summed E-state index contributed by atoms with van der Waals surface area (Å²) < 4.78 is 40.8. The van der Waals surface area contributed by atoms with Crippen molar-refractivity contribution in [2.24, 2.45) is 0 Å². The highest BCUT2D eigenvalue weighted by molar-refractivity contribution is 9.10. The second-order valence-electron chi connectivity index (χ2n) is 2.52. The summed E-state index contributed by atoms with van der Waals surface area (Å²) in [6, 6.07) is 0. The van der Waals surface area contributed by atoms with Gasteiger partial charge in [-0.1, -0.05) is 0 Å². The van der Waals surface area contributed by atoms with Crippen molar-refractivity contribution in [2.45, 2.75) is 6.18 Å². The lowest BCUT2D eigenvalue weighted by atomic mass is 10.6. The fraction of sp³-hybridized carbons (Fsp3) is 0.429. The second kappa shape index (κ2) is 4.65. The van der Waals surface area contributed by atoms with Crippen LogP contribution >= 0.6 is 15.9 Å². The lowest BCUT2D eigenvalue weighted by Gasteiger charge is -2.09. The number of halogens is 4. The van der Waals surface area contributed by atoms with Gasteiger partial charge in [0.2, 0.25) is 11.8 Å². The maximum absolute atomic E-state index is 11.8. The Morgan fingerprint density at radius 3 is 2.73 bits per heavy atom. The molecule has 4 nitrogen and oxygen atoms in total. The highest BCUT2D eigenvalue weighted by atomic mass is 79.9. The third-order valence-electron chi connectivity index (χ3n) is 1.35. The smallest absolute Gasteiger partial charge is 0.405 e. The molecule has 1 N–H and O–H groups in total. The SMILES string of the molecule is COc1nc(NCC(F)(F)F)ncc1Br. The summed E-state index contributed by atoms with van der Waals surface area (Å²) in [6.07, 6.45) is -2.99. The highest BCUT2D eigenvalue weighted by Crippen LogP contribution is 2.22. The van der Waals surface area contributed by atoms with Gasteiger partial charge in [0.05, 0.1) is 17.8 Å². The first kappa shape index (κ1) is 12.0. The molecule has 0 saturated carbocycles. The van der Waals surface area contributed by atoms with Crippen molar-refractivity contribution in [3.8, 4) is 5.88 Å². The third kappa shape index (κ3) is 3.90. The van der Waals surface area contributed by atoms with Crippen molar-refractivity contribution in [3.63, 3.8) is 0 Å². The standard InChI is InChI=1S/C7H7BrF3N3O/c1-15-5-4(8)2-12-6(14-5)13-3-7(9,10)11/h2H,3H2,1H3,(H,12,13,14). The van der Waals surface area contributed by atoms with Crippen LogP contribution in [0.15, 0.2) is 10.7 Å². The molecule has 0 fully saturated rings. The van der Waals surface area contributed by atoms with Gasteiger partial charge in [0.15, 0.2) is 0 Å². The van der Waals surface area contributed by atoms with Crippen LogP contribution in [0, 0.1) is 0 Å². The first-order valence-electron chi connectivity index (χ1n) is 3.79. The van der Waals surface area contributed by atoms with E-state index in [0.717, 1.165) is 0 Å². The van der Waals surface area contributed by atoms with E-state index in [0.29, 0.717) is 4.47 Å². The Morgan fingerprint density at radius 2 is 2.20 bits per heavy atom. The van der Waals surface area contributed by atoms with Gasteiger partial charge in [0, 0.05) is 0 Å². The van der Waals surface area contributed by atoms with E-state index in [9.17, 15) is 13.2 Å². The van der Waals surface area contributed by atoms with Crippen molar-refractivity contribution in [1.82, 2.24) is 9.97 Å². The summed E-state index contributed by atoms with van der Waals surface area (Å²) in [5.41, 5.74) is 0. The molecule has 0 atom stereocenters. The largest absolute Gasteiger partial charge is 0.480 e. The first-order chi connectivity index (χ1) is 6.92. The Kier molecular flexibility index (Phi) is 3.72. The zero-order valence-electron chi connectivity index (χ0n) is 7.60. The van der Waals surface area contributed by atoms with Crippen LogP contribution in [0.2, 0.25) is 0 Å². The van der Waals surface area contributed by atoms with Crippen molar-refractivity contribution >= 4 is 21.9 Å². The van der Waals surface area contributed by atoms with Gasteiger partial charge in [0.25, 0.3) is 0 Å². The van der Waals surface area contributed by atoms with E-state index < -0.39 is 12.7 Å². The maximum atomic E-state index is 11.8. The Hall–Kier alpha value is -1.05. The number of alkyl halides is 3. The summed E-state index contributed by atoms with van der Waals surface area (Å²) in [6.45, 7) is -1.18. The van der Waals surface area contributed by atoms with Gasteiger partial charge in [-0.25, -0.2) is 4.98 Å². The van der Waals surface area contributed by atoms with Crippen LogP contribution in [0.5, 0.6) is 5.88 Å². The van der Waals surface area contributed by atoms with Crippen LogP contribution < -0.4 is 10.1 Å². The topological polar surface area (TPSA) is 47.0 Å². The van der Waals surface area contributed by atoms with Crippen LogP contribution in [0.4, 0.5) is 19.1 Å². The zero-order chi connectivity index (χ0) is 11.5. The summed E-state index contributed by atoms with van der Waals surface area (Å²) in [5, 5.41) is 2.04. The Balaban J connectivity index is 2.70. The molecule has 0 amide bonds. The van der Waals surface area contributed by atoms with Gasteiger partial charge in [-0.2, -0.15) is 18.2 Å². The molecule has 0 spiro atoms. The highest BCUT2D eigenvalue weighted by Gasteiger charge is 2.27. The minimum absolute atomic E-state index is 0.132. The van der Waals surface area contributed by atoms with Crippen molar-refractivity contribution < 1.29 is 17.9 Å². The zero-order valence-corrected chi connectivity index (χ0v) is 9.18. The molecule has 1 rings (SSSR count). The molecule has 0 saturated heterocycles. The summed E-state index contributed by atoms with van der Waals surface area (Å²) in [5.74, 6) is 0.0436. The maximum Gasteiger partial charge on any atom is 0.405 e. The van der Waals surface area contributed by atoms with E-state index in [2.05, 4.69) is 25.9 Å². The molecule has 0 aliphatic carbocycles. The molecular weight excluding hydrogens is 279 g/mol. The lowest BCUT2D eigenvalue weighted by molar-refractivity contribution is -0.115. The van der Waals surface area contributed by atoms with Gasteiger partial charge in [-0.05, 0) is 15.9 Å². The lowest BCUT2D eigenvalue weighted by Crippen LogP contribution is -2.22. The third-order valence-corrected chi connectivity index (χ3v) is 1.90. The Morgan fingerprint density at radius 1 is 1.53 bits per heavy atom. The fourth-order valence-corrected chi connectivity index (χ4v) is 1.11. The van der Waals surface area contributed by atoms with E-state index in [1.807, 2.05) is 5.32 Å². The summed E-state index contributed by atoms with van der Waals surface area (Å²) in [7, 11) is 1.36. The van der Waals surface area contributed by atoms with Gasteiger partial charge in [0.1, 0.15) is 6.54 Å². The van der Waals surface area contributed by atoms with E-state index >= 15 is 0 Å². The Labute approximate surface area is 92.0 Å². The monoisotopic (exact) mass is 285 g/mol. The fourth-order valence-electron chi connectivity index (χ4n) is 0.759. The molecule has 0 aliphatic heterocycles. The number of hydrogen-bond acceptors (Lipinski definition) is 4. The number of hydrogen-bond donors (Lipinski definition) is 1. The normalized spacial score (nSPS) is 11.3. The van der Waals surface area contributed by atoms with Gasteiger partial charge in [-0.3, -0.25) is 0 Å². The van der Waals surface area contributed by atoms with Crippen LogP contribution in [0.25, 0.3) is 0 Å². The van der Waals surface area contributed by atoms with Crippen LogP contribution in [-0.2, 0) is 0 Å². The minimum atomic E-state index is -4.30. The quantitative estimate of drug-likeness (QED) is 0.925. The molecule has 1 aromatic rings. The summed E-state index contributed by atoms with van der Waals surface area (Å²) in [4.78, 5) is 7.34. The predicted molar refractivity (Wildman–Crippen MR) is 50.8 cm³/mol. The number of nitrogens with zero attached hydrogens (tertiary/aromatic N) is 2. The average molecular weight is 286 g/mol. The number of rotatable bonds is 3. The molecule has 0 aromatic carbocycles. The molecule has 0 radical (unpaired) electrons. The van der Waals surface area contributed by atoms with Gasteiger partial charge >= 0.3 is 6.18 Å². The van der Waals surface area contributed by atoms with E-state index in [4.69, 9.17) is 4.74 Å². The van der Waals surface area contributed by atoms with Crippen molar-refractivity contribution in [3.05, 3.63) is 10.7 Å². The molecule has 1 heterocycles. The van der Waals surface area contributed by atoms with Gasteiger partial charge < -0.3 is 10.1 Å². The number of methoxy groups -OCH3 is 1. The average Bonchev–Trinajstić information content (AvgIpc) is 2.15. The molecule has 0 unspecified atom stereocenters. The molecule has 8 heteroatoms. The molecule has 1 aromatic heterocycles. The molecule has 0 aliphatic rings. The van der Waals surface area contributed by atoms with Crippen molar-refractivity contribution in [1.29, 1.82) is 0 Å². The molecule has 15 heavy (non-hydrogen) atoms. The summed E-state index contributed by atoms with van der Waals surface area (Å²) >= 11 is 3.08. The predicted octanol–water partition coefficient (Wildman–Crippen LogP) is 2.22. The van der Waals surface area contributed by atoms with E-state index in [1.165, 1.54) is 13.3 Å². The van der Waals surface area contributed by atoms with Crippen LogP contribution in [0.3, 0.4) is 0 Å². The van der Waals surface area contributed by atoms with Crippen LogP contribution in [0.1, 0.15) is 0 Å². The number of anilines is 1. The van der Waals surface area contributed by atoms with Crippen molar-refractivity contribution in [2.75, 3.05) is 19.0 Å². The minimum Gasteiger partial charge on any atom is -0.480 e. The van der Waals surface area contributed by atoms with E-state index in [-0.39, 0.29) is 11.8 Å². The molecular formula is C7H7BrF3N3O. The Bertz CT molecular complexity index is 345. The second-order valence-corrected chi connectivity index (χ2v) is 3.37.